The predicted octanol–water partition coefficient (Wildman–Crippen LogP) is 0.210. The highest BCUT2D eigenvalue weighted by atomic mass is 16.4. The normalized spacial score (nSPS) is 15.6. The van der Waals surface area contributed by atoms with Crippen molar-refractivity contribution >= 4 is 5.97 Å². The van der Waals surface area contributed by atoms with Gasteiger partial charge in [0.25, 0.3) is 0 Å². The Morgan fingerprint density at radius 1 is 1.58 bits per heavy atom. The van der Waals surface area contributed by atoms with Crippen LogP contribution in [0.3, 0.4) is 0 Å². The maximum Gasteiger partial charge on any atom is 0.304 e. The van der Waals surface area contributed by atoms with Crippen LogP contribution in [0.4, 0.5) is 0 Å². The molecule has 0 saturated heterocycles. The first-order valence-corrected chi connectivity index (χ1v) is 4.19. The van der Waals surface area contributed by atoms with Gasteiger partial charge >= 0.3 is 5.97 Å². The SMILES string of the molecule is CCC(O)CNC(C)CC(=O)O. The standard InChI is InChI=1S/C8H17NO3/c1-3-7(10)5-9-6(2)4-8(11)12/h6-7,9-10H,3-5H2,1-2H3,(H,11,12). The van der Waals surface area contributed by atoms with Gasteiger partial charge in [-0.2, -0.15) is 0 Å². The summed E-state index contributed by atoms with van der Waals surface area (Å²) in [6.07, 6.45) is 0.407. The molecule has 0 fully saturated rings. The van der Waals surface area contributed by atoms with E-state index in [-0.39, 0.29) is 18.6 Å². The third-order valence-corrected chi connectivity index (χ3v) is 1.65. The highest BCUT2D eigenvalue weighted by Crippen LogP contribution is 1.92. The van der Waals surface area contributed by atoms with E-state index in [0.29, 0.717) is 13.0 Å². The number of carbonyl (C=O) groups is 1. The lowest BCUT2D eigenvalue weighted by Gasteiger charge is -2.13. The Morgan fingerprint density at radius 2 is 2.17 bits per heavy atom. The Bertz CT molecular complexity index is 138. The lowest BCUT2D eigenvalue weighted by atomic mass is 10.2. The number of aliphatic hydroxyl groups is 1. The molecular formula is C8H17NO3. The Morgan fingerprint density at radius 3 is 2.58 bits per heavy atom. The summed E-state index contributed by atoms with van der Waals surface area (Å²) in [6.45, 7) is 4.13. The van der Waals surface area contributed by atoms with E-state index in [1.54, 1.807) is 6.92 Å². The molecule has 0 aliphatic heterocycles. The Balaban J connectivity index is 3.43. The number of aliphatic carboxylic acids is 1. The van der Waals surface area contributed by atoms with Crippen molar-refractivity contribution < 1.29 is 15.0 Å². The molecule has 2 unspecified atom stereocenters. The molecule has 0 bridgehead atoms. The van der Waals surface area contributed by atoms with Crippen LogP contribution in [0.15, 0.2) is 0 Å². The van der Waals surface area contributed by atoms with Crippen molar-refractivity contribution in [2.45, 2.75) is 38.8 Å². The quantitative estimate of drug-likeness (QED) is 0.539. The van der Waals surface area contributed by atoms with Gasteiger partial charge in [0.2, 0.25) is 0 Å². The van der Waals surface area contributed by atoms with Gasteiger partial charge in [-0.15, -0.1) is 0 Å². The first-order valence-electron chi connectivity index (χ1n) is 4.19. The topological polar surface area (TPSA) is 69.6 Å². The van der Waals surface area contributed by atoms with Crippen LogP contribution in [-0.4, -0.2) is 34.9 Å². The zero-order chi connectivity index (χ0) is 9.56. The van der Waals surface area contributed by atoms with Crippen LogP contribution in [0.25, 0.3) is 0 Å². The molecule has 2 atom stereocenters. The van der Waals surface area contributed by atoms with Gasteiger partial charge < -0.3 is 15.5 Å². The Hall–Kier alpha value is -0.610. The van der Waals surface area contributed by atoms with Crippen molar-refractivity contribution in [3.63, 3.8) is 0 Å². The summed E-state index contributed by atoms with van der Waals surface area (Å²) in [5, 5.41) is 20.5. The predicted molar refractivity (Wildman–Crippen MR) is 46.0 cm³/mol. The van der Waals surface area contributed by atoms with Crippen molar-refractivity contribution in [1.29, 1.82) is 0 Å². The van der Waals surface area contributed by atoms with Crippen molar-refractivity contribution in [2.75, 3.05) is 6.54 Å². The summed E-state index contributed by atoms with van der Waals surface area (Å²) in [5.74, 6) is -0.819. The second-order valence-corrected chi connectivity index (χ2v) is 2.97. The summed E-state index contributed by atoms with van der Waals surface area (Å²) in [7, 11) is 0. The molecule has 0 spiro atoms. The van der Waals surface area contributed by atoms with Crippen molar-refractivity contribution in [3.8, 4) is 0 Å². The summed E-state index contributed by atoms with van der Waals surface area (Å²) >= 11 is 0. The molecule has 72 valence electrons. The zero-order valence-electron chi connectivity index (χ0n) is 7.58. The van der Waals surface area contributed by atoms with E-state index >= 15 is 0 Å². The number of carboxylic acid groups (broad SMARTS) is 1. The molecule has 0 radical (unpaired) electrons. The number of carboxylic acids is 1. The van der Waals surface area contributed by atoms with E-state index in [2.05, 4.69) is 5.32 Å². The van der Waals surface area contributed by atoms with Crippen LogP contribution in [0.2, 0.25) is 0 Å². The summed E-state index contributed by atoms with van der Waals surface area (Å²) in [6, 6.07) is -0.0799. The van der Waals surface area contributed by atoms with E-state index in [1.807, 2.05) is 6.92 Å². The van der Waals surface area contributed by atoms with Gasteiger partial charge in [-0.1, -0.05) is 6.92 Å². The molecule has 4 nitrogen and oxygen atoms in total. The zero-order valence-corrected chi connectivity index (χ0v) is 7.58. The molecule has 0 aliphatic carbocycles. The van der Waals surface area contributed by atoms with E-state index in [4.69, 9.17) is 10.2 Å². The van der Waals surface area contributed by atoms with E-state index in [1.165, 1.54) is 0 Å². The van der Waals surface area contributed by atoms with Crippen LogP contribution in [0, 0.1) is 0 Å². The average molecular weight is 175 g/mol. The van der Waals surface area contributed by atoms with Crippen molar-refractivity contribution in [1.82, 2.24) is 5.32 Å². The number of hydrogen-bond donors (Lipinski definition) is 3. The van der Waals surface area contributed by atoms with Crippen LogP contribution in [0.1, 0.15) is 26.7 Å². The molecule has 0 saturated carbocycles. The van der Waals surface area contributed by atoms with Gasteiger partial charge in [-0.3, -0.25) is 4.79 Å². The minimum Gasteiger partial charge on any atom is -0.481 e. The lowest BCUT2D eigenvalue weighted by Crippen LogP contribution is -2.34. The molecule has 0 aliphatic rings. The second kappa shape index (κ2) is 5.97. The van der Waals surface area contributed by atoms with Crippen molar-refractivity contribution in [2.24, 2.45) is 0 Å². The molecule has 4 heteroatoms. The summed E-state index contributed by atoms with van der Waals surface area (Å²) in [5.41, 5.74) is 0. The van der Waals surface area contributed by atoms with E-state index in [0.717, 1.165) is 0 Å². The van der Waals surface area contributed by atoms with Crippen LogP contribution < -0.4 is 5.32 Å². The lowest BCUT2D eigenvalue weighted by molar-refractivity contribution is -0.137. The fraction of sp³-hybridized carbons (Fsp3) is 0.875. The van der Waals surface area contributed by atoms with Gasteiger partial charge in [0, 0.05) is 12.6 Å². The number of nitrogens with one attached hydrogen (secondary N) is 1. The maximum atomic E-state index is 10.2. The van der Waals surface area contributed by atoms with Crippen LogP contribution >= 0.6 is 0 Å². The summed E-state index contributed by atoms with van der Waals surface area (Å²) < 4.78 is 0. The van der Waals surface area contributed by atoms with Gasteiger partial charge in [-0.25, -0.2) is 0 Å². The minimum atomic E-state index is -0.819. The number of rotatable bonds is 6. The van der Waals surface area contributed by atoms with E-state index < -0.39 is 5.97 Å². The molecule has 3 N–H and O–H groups in total. The smallest absolute Gasteiger partial charge is 0.304 e. The van der Waals surface area contributed by atoms with Gasteiger partial charge in [0.1, 0.15) is 0 Å². The fourth-order valence-corrected chi connectivity index (χ4v) is 0.816. The van der Waals surface area contributed by atoms with Gasteiger partial charge in [0.05, 0.1) is 12.5 Å². The first kappa shape index (κ1) is 11.4. The molecule has 12 heavy (non-hydrogen) atoms. The molecular weight excluding hydrogens is 158 g/mol. The van der Waals surface area contributed by atoms with Crippen LogP contribution in [-0.2, 0) is 4.79 Å². The third kappa shape index (κ3) is 6.12. The maximum absolute atomic E-state index is 10.2. The molecule has 0 heterocycles. The molecule has 0 aromatic heterocycles. The largest absolute Gasteiger partial charge is 0.481 e. The third-order valence-electron chi connectivity index (χ3n) is 1.65. The van der Waals surface area contributed by atoms with Crippen LogP contribution in [0.5, 0.6) is 0 Å². The monoisotopic (exact) mass is 175 g/mol. The highest BCUT2D eigenvalue weighted by molar-refractivity contribution is 5.67. The fourth-order valence-electron chi connectivity index (χ4n) is 0.816. The molecule has 0 aromatic carbocycles. The molecule has 0 amide bonds. The van der Waals surface area contributed by atoms with Gasteiger partial charge in [-0.05, 0) is 13.3 Å². The summed E-state index contributed by atoms with van der Waals surface area (Å²) in [4.78, 5) is 10.2. The number of aliphatic hydroxyl groups excluding tert-OH is 1. The first-order chi connectivity index (χ1) is 5.56. The van der Waals surface area contributed by atoms with Crippen molar-refractivity contribution in [3.05, 3.63) is 0 Å². The minimum absolute atomic E-state index is 0.0799. The average Bonchev–Trinajstić information content (AvgIpc) is 1.99. The van der Waals surface area contributed by atoms with Gasteiger partial charge in [0.15, 0.2) is 0 Å². The molecule has 0 aromatic rings. The Labute approximate surface area is 72.6 Å². The number of hydrogen-bond acceptors (Lipinski definition) is 3. The Kier molecular flexibility index (Phi) is 5.66. The second-order valence-electron chi connectivity index (χ2n) is 2.97. The highest BCUT2D eigenvalue weighted by Gasteiger charge is 2.08. The van der Waals surface area contributed by atoms with E-state index in [9.17, 15) is 4.79 Å². The molecule has 0 rings (SSSR count).